The summed E-state index contributed by atoms with van der Waals surface area (Å²) in [6.45, 7) is 11.1. The molecule has 0 radical (unpaired) electrons. The van der Waals surface area contributed by atoms with Crippen LogP contribution in [0.25, 0.3) is 0 Å². The van der Waals surface area contributed by atoms with Crippen LogP contribution >= 0.6 is 0 Å². The molecule has 28 heavy (non-hydrogen) atoms. The second-order valence-electron chi connectivity index (χ2n) is 11.6. The van der Waals surface area contributed by atoms with E-state index in [1.807, 2.05) is 6.08 Å². The summed E-state index contributed by atoms with van der Waals surface area (Å²) in [6.07, 6.45) is 8.14. The van der Waals surface area contributed by atoms with Crippen LogP contribution in [0.1, 0.15) is 65.7 Å². The van der Waals surface area contributed by atoms with Gasteiger partial charge < -0.3 is 15.5 Å². The molecule has 0 amide bonds. The molecule has 10 unspecified atom stereocenters. The van der Waals surface area contributed by atoms with Gasteiger partial charge in [0.15, 0.2) is 0 Å². The Bertz CT molecular complexity index is 723. The summed E-state index contributed by atoms with van der Waals surface area (Å²) in [5, 5.41) is 25.5. The molecular formula is C24H37NO3. The summed E-state index contributed by atoms with van der Waals surface area (Å²) in [6, 6.07) is 0.140. The highest BCUT2D eigenvalue weighted by atomic mass is 16.3. The SMILES string of the molecule is C=CC1NC2(CO)CCC3(C)C(CC(O)C45CCC(CC34)C(C)C5=O)C1(C)C2. The number of hydrogen-bond acceptors (Lipinski definition) is 4. The van der Waals surface area contributed by atoms with Crippen LogP contribution in [0.3, 0.4) is 0 Å². The Morgan fingerprint density at radius 2 is 1.93 bits per heavy atom. The van der Waals surface area contributed by atoms with Gasteiger partial charge in [0.05, 0.1) is 18.1 Å². The molecule has 0 aromatic rings. The number of Topliss-reactive ketones (excluding diaryl/α,β-unsaturated/α-hetero) is 1. The van der Waals surface area contributed by atoms with Gasteiger partial charge >= 0.3 is 0 Å². The zero-order chi connectivity index (χ0) is 20.1. The molecule has 1 heterocycles. The molecule has 1 aliphatic heterocycles. The van der Waals surface area contributed by atoms with Crippen molar-refractivity contribution in [3.63, 3.8) is 0 Å². The minimum absolute atomic E-state index is 0.0305. The molecule has 6 aliphatic rings. The van der Waals surface area contributed by atoms with Crippen LogP contribution < -0.4 is 5.32 Å². The third kappa shape index (κ3) is 2.00. The highest BCUT2D eigenvalue weighted by Gasteiger charge is 2.72. The van der Waals surface area contributed by atoms with Gasteiger partial charge in [-0.3, -0.25) is 4.79 Å². The molecule has 10 atom stereocenters. The van der Waals surface area contributed by atoms with Crippen molar-refractivity contribution in [2.45, 2.75) is 83.4 Å². The average Bonchev–Trinajstić information content (AvgIpc) is 2.95. The summed E-state index contributed by atoms with van der Waals surface area (Å²) in [5.41, 5.74) is -0.799. The topological polar surface area (TPSA) is 69.6 Å². The van der Waals surface area contributed by atoms with Crippen molar-refractivity contribution in [3.05, 3.63) is 12.7 Å². The van der Waals surface area contributed by atoms with Gasteiger partial charge in [-0.15, -0.1) is 6.58 Å². The van der Waals surface area contributed by atoms with Crippen molar-refractivity contribution < 1.29 is 15.0 Å². The molecule has 6 fully saturated rings. The first-order chi connectivity index (χ1) is 13.2. The van der Waals surface area contributed by atoms with Gasteiger partial charge in [0, 0.05) is 17.5 Å². The molecule has 4 bridgehead atoms. The summed E-state index contributed by atoms with van der Waals surface area (Å²) < 4.78 is 0. The number of hydrogen-bond donors (Lipinski definition) is 3. The van der Waals surface area contributed by atoms with E-state index in [-0.39, 0.29) is 40.9 Å². The highest BCUT2D eigenvalue weighted by Crippen LogP contribution is 2.72. The number of carbonyl (C=O) groups excluding carboxylic acids is 1. The van der Waals surface area contributed by atoms with E-state index in [4.69, 9.17) is 0 Å². The van der Waals surface area contributed by atoms with Gasteiger partial charge in [0.1, 0.15) is 5.78 Å². The number of nitrogens with one attached hydrogen (secondary N) is 1. The maximum Gasteiger partial charge on any atom is 0.144 e. The molecule has 4 heteroatoms. The fraction of sp³-hybridized carbons (Fsp3) is 0.875. The number of ketones is 1. The molecule has 5 aliphatic carbocycles. The Morgan fingerprint density at radius 1 is 1.18 bits per heavy atom. The zero-order valence-electron chi connectivity index (χ0n) is 17.7. The number of rotatable bonds is 2. The third-order valence-electron chi connectivity index (χ3n) is 10.7. The van der Waals surface area contributed by atoms with Gasteiger partial charge in [-0.1, -0.05) is 26.8 Å². The Labute approximate surface area is 169 Å². The maximum absolute atomic E-state index is 13.5. The normalized spacial score (nSPS) is 60.1. The largest absolute Gasteiger partial charge is 0.394 e. The van der Waals surface area contributed by atoms with E-state index < -0.39 is 11.5 Å². The summed E-state index contributed by atoms with van der Waals surface area (Å²) in [7, 11) is 0. The van der Waals surface area contributed by atoms with Crippen molar-refractivity contribution in [2.24, 2.45) is 39.9 Å². The smallest absolute Gasteiger partial charge is 0.144 e. The lowest BCUT2D eigenvalue weighted by Gasteiger charge is -2.67. The fourth-order valence-corrected chi connectivity index (χ4v) is 9.26. The quantitative estimate of drug-likeness (QED) is 0.637. The maximum atomic E-state index is 13.5. The first-order valence-electron chi connectivity index (χ1n) is 11.4. The molecule has 4 nitrogen and oxygen atoms in total. The van der Waals surface area contributed by atoms with E-state index in [9.17, 15) is 15.0 Å². The Kier molecular flexibility index (Phi) is 3.93. The van der Waals surface area contributed by atoms with E-state index in [0.29, 0.717) is 24.0 Å². The minimum Gasteiger partial charge on any atom is -0.394 e. The van der Waals surface area contributed by atoms with Crippen molar-refractivity contribution in [2.75, 3.05) is 6.61 Å². The van der Waals surface area contributed by atoms with Crippen LogP contribution in [0, 0.1) is 39.9 Å². The van der Waals surface area contributed by atoms with Crippen LogP contribution in [0.5, 0.6) is 0 Å². The number of fused-ring (bicyclic) bond motifs is 6. The second-order valence-corrected chi connectivity index (χ2v) is 11.6. The Balaban J connectivity index is 1.65. The van der Waals surface area contributed by atoms with E-state index >= 15 is 0 Å². The van der Waals surface area contributed by atoms with Crippen LogP contribution in [0.15, 0.2) is 12.7 Å². The molecule has 6 rings (SSSR count). The molecule has 1 spiro atoms. The van der Waals surface area contributed by atoms with Crippen LogP contribution in [0.4, 0.5) is 0 Å². The number of aliphatic hydroxyl groups is 2. The molecule has 156 valence electrons. The minimum atomic E-state index is -0.531. The molecule has 1 saturated heterocycles. The lowest BCUT2D eigenvalue weighted by molar-refractivity contribution is -0.219. The van der Waals surface area contributed by atoms with Crippen molar-refractivity contribution >= 4 is 5.78 Å². The lowest BCUT2D eigenvalue weighted by atomic mass is 9.36. The molecule has 3 N–H and O–H groups in total. The van der Waals surface area contributed by atoms with Crippen LogP contribution in [0.2, 0.25) is 0 Å². The van der Waals surface area contributed by atoms with Gasteiger partial charge in [0.25, 0.3) is 0 Å². The molecule has 0 aromatic carbocycles. The van der Waals surface area contributed by atoms with Gasteiger partial charge in [-0.2, -0.15) is 0 Å². The van der Waals surface area contributed by atoms with Crippen molar-refractivity contribution in [3.8, 4) is 0 Å². The van der Waals surface area contributed by atoms with Gasteiger partial charge in [-0.05, 0) is 73.5 Å². The third-order valence-corrected chi connectivity index (χ3v) is 10.7. The monoisotopic (exact) mass is 387 g/mol. The lowest BCUT2D eigenvalue weighted by Crippen LogP contribution is -2.69. The number of aliphatic hydroxyl groups excluding tert-OH is 2. The van der Waals surface area contributed by atoms with Crippen molar-refractivity contribution in [1.29, 1.82) is 0 Å². The summed E-state index contributed by atoms with van der Waals surface area (Å²) >= 11 is 0. The Hall–Kier alpha value is -0.710. The van der Waals surface area contributed by atoms with Gasteiger partial charge in [0.2, 0.25) is 0 Å². The first-order valence-corrected chi connectivity index (χ1v) is 11.4. The van der Waals surface area contributed by atoms with Crippen LogP contribution in [-0.2, 0) is 4.79 Å². The van der Waals surface area contributed by atoms with Gasteiger partial charge in [-0.25, -0.2) is 0 Å². The van der Waals surface area contributed by atoms with Crippen LogP contribution in [-0.4, -0.2) is 40.3 Å². The standard InChI is InChI=1S/C24H37NO3/c1-5-18-22(4)12-23(13-26,25-18)9-8-21(3)16(22)11-19(27)24-7-6-15(10-17(21)24)14(2)20(24)28/h5,14-19,25-27H,1,6-13H2,2-4H3. The highest BCUT2D eigenvalue weighted by molar-refractivity contribution is 5.90. The molecule has 5 saturated carbocycles. The molecular weight excluding hydrogens is 350 g/mol. The van der Waals surface area contributed by atoms with E-state index in [2.05, 4.69) is 32.7 Å². The van der Waals surface area contributed by atoms with E-state index in [1.165, 1.54) is 0 Å². The summed E-state index contributed by atoms with van der Waals surface area (Å²) in [4.78, 5) is 13.5. The van der Waals surface area contributed by atoms with E-state index in [1.54, 1.807) is 0 Å². The predicted molar refractivity (Wildman–Crippen MR) is 109 cm³/mol. The Morgan fingerprint density at radius 3 is 2.61 bits per heavy atom. The average molecular weight is 388 g/mol. The molecule has 0 aromatic heterocycles. The fourth-order valence-electron chi connectivity index (χ4n) is 9.26. The van der Waals surface area contributed by atoms with E-state index in [0.717, 1.165) is 38.5 Å². The zero-order valence-corrected chi connectivity index (χ0v) is 17.7. The predicted octanol–water partition coefficient (Wildman–Crippen LogP) is 3.07. The first kappa shape index (κ1) is 19.3. The number of carbonyl (C=O) groups is 1. The summed E-state index contributed by atoms with van der Waals surface area (Å²) in [5.74, 6) is 1.54. The van der Waals surface area contributed by atoms with Crippen molar-refractivity contribution in [1.82, 2.24) is 5.32 Å². The second kappa shape index (κ2) is 5.70.